The summed E-state index contributed by atoms with van der Waals surface area (Å²) in [5.74, 6) is 0.267. The van der Waals surface area contributed by atoms with Crippen molar-refractivity contribution in [3.63, 3.8) is 0 Å². The summed E-state index contributed by atoms with van der Waals surface area (Å²) < 4.78 is 46.2. The van der Waals surface area contributed by atoms with E-state index < -0.39 is 19.7 Å². The van der Waals surface area contributed by atoms with Gasteiger partial charge < -0.3 is 5.32 Å². The Labute approximate surface area is 113 Å². The van der Waals surface area contributed by atoms with E-state index in [1.54, 1.807) is 12.1 Å². The first-order valence-electron chi connectivity index (χ1n) is 6.02. The fourth-order valence-corrected chi connectivity index (χ4v) is 4.33. The third kappa shape index (κ3) is 3.77. The zero-order chi connectivity index (χ0) is 14.1. The Kier molecular flexibility index (Phi) is 3.98. The van der Waals surface area contributed by atoms with Gasteiger partial charge in [0.15, 0.2) is 19.7 Å². The van der Waals surface area contributed by atoms with Crippen molar-refractivity contribution < 1.29 is 16.8 Å². The molecule has 1 fully saturated rings. The van der Waals surface area contributed by atoms with Gasteiger partial charge in [0.05, 0.1) is 16.4 Å². The van der Waals surface area contributed by atoms with Gasteiger partial charge in [-0.05, 0) is 30.7 Å². The second-order valence-electron chi connectivity index (χ2n) is 4.82. The van der Waals surface area contributed by atoms with E-state index in [4.69, 9.17) is 0 Å². The van der Waals surface area contributed by atoms with Gasteiger partial charge in [0, 0.05) is 12.3 Å². The van der Waals surface area contributed by atoms with Crippen molar-refractivity contribution >= 4 is 19.7 Å². The minimum Gasteiger partial charge on any atom is -0.309 e. The summed E-state index contributed by atoms with van der Waals surface area (Å²) in [6.45, 7) is 0.651. The van der Waals surface area contributed by atoms with Gasteiger partial charge in [-0.3, -0.25) is 0 Å². The lowest BCUT2D eigenvalue weighted by Gasteiger charge is -2.16. The van der Waals surface area contributed by atoms with Crippen molar-refractivity contribution in [1.29, 1.82) is 0 Å². The van der Waals surface area contributed by atoms with Crippen LogP contribution in [-0.2, 0) is 19.7 Å². The van der Waals surface area contributed by atoms with Crippen LogP contribution in [0.15, 0.2) is 29.2 Å². The summed E-state index contributed by atoms with van der Waals surface area (Å²) in [7, 11) is -6.25. The quantitative estimate of drug-likeness (QED) is 0.862. The molecule has 1 unspecified atom stereocenters. The van der Waals surface area contributed by atoms with Gasteiger partial charge in [-0.1, -0.05) is 12.1 Å². The van der Waals surface area contributed by atoms with E-state index in [1.807, 2.05) is 0 Å². The zero-order valence-electron chi connectivity index (χ0n) is 10.7. The summed E-state index contributed by atoms with van der Waals surface area (Å²) in [5, 5.41) is 3.18. The van der Waals surface area contributed by atoms with Crippen LogP contribution < -0.4 is 5.32 Å². The van der Waals surface area contributed by atoms with Crippen molar-refractivity contribution in [1.82, 2.24) is 5.32 Å². The summed E-state index contributed by atoms with van der Waals surface area (Å²) in [4.78, 5) is 0.243. The molecule has 1 aromatic carbocycles. The van der Waals surface area contributed by atoms with Gasteiger partial charge in [-0.25, -0.2) is 16.8 Å². The first kappa shape index (κ1) is 14.5. The molecule has 19 heavy (non-hydrogen) atoms. The molecule has 1 heterocycles. The highest BCUT2D eigenvalue weighted by atomic mass is 32.2. The van der Waals surface area contributed by atoms with Gasteiger partial charge in [0.1, 0.15) is 0 Å². The van der Waals surface area contributed by atoms with Crippen molar-refractivity contribution in [2.24, 2.45) is 0 Å². The van der Waals surface area contributed by atoms with E-state index in [-0.39, 0.29) is 22.4 Å². The fourth-order valence-electron chi connectivity index (χ4n) is 2.13. The topological polar surface area (TPSA) is 80.3 Å². The Hall–Kier alpha value is -0.920. The number of nitrogens with one attached hydrogen (secondary N) is 1. The van der Waals surface area contributed by atoms with Crippen molar-refractivity contribution in [3.8, 4) is 0 Å². The molecule has 1 aliphatic rings. The molecule has 0 aromatic heterocycles. The average Bonchev–Trinajstić information content (AvgIpc) is 2.49. The molecule has 2 rings (SSSR count). The molecular formula is C12H17NO4S2. The number of hydrogen-bond donors (Lipinski definition) is 1. The molecule has 0 saturated carbocycles. The van der Waals surface area contributed by atoms with Crippen LogP contribution in [0.25, 0.3) is 0 Å². The van der Waals surface area contributed by atoms with E-state index in [0.717, 1.165) is 11.8 Å². The number of hydrogen-bond acceptors (Lipinski definition) is 5. The summed E-state index contributed by atoms with van der Waals surface area (Å²) in [6, 6.07) is 6.12. The number of rotatable bonds is 2. The monoisotopic (exact) mass is 303 g/mol. The first-order chi connectivity index (χ1) is 8.78. The smallest absolute Gasteiger partial charge is 0.175 e. The van der Waals surface area contributed by atoms with E-state index in [0.29, 0.717) is 13.0 Å². The molecule has 0 radical (unpaired) electrons. The van der Waals surface area contributed by atoms with Crippen LogP contribution in [0.1, 0.15) is 18.0 Å². The van der Waals surface area contributed by atoms with Gasteiger partial charge in [0.25, 0.3) is 0 Å². The lowest BCUT2D eigenvalue weighted by molar-refractivity contribution is 0.571. The second-order valence-corrected chi connectivity index (χ2v) is 9.06. The molecule has 0 amide bonds. The predicted molar refractivity (Wildman–Crippen MR) is 73.6 cm³/mol. The summed E-state index contributed by atoms with van der Waals surface area (Å²) >= 11 is 0. The van der Waals surface area contributed by atoms with E-state index in [2.05, 4.69) is 5.32 Å². The van der Waals surface area contributed by atoms with Gasteiger partial charge in [-0.2, -0.15) is 0 Å². The standard InChI is InChI=1S/C12H17NO4S2/c1-18(14,15)11-5-3-10(4-6-11)12-9-19(16,17)8-2-7-13-12/h3-6,12-13H,2,7-9H2,1H3. The Morgan fingerprint density at radius 2 is 1.84 bits per heavy atom. The average molecular weight is 303 g/mol. The maximum Gasteiger partial charge on any atom is 0.175 e. The number of sulfone groups is 2. The van der Waals surface area contributed by atoms with Gasteiger partial charge in [-0.15, -0.1) is 0 Å². The highest BCUT2D eigenvalue weighted by Gasteiger charge is 2.23. The largest absolute Gasteiger partial charge is 0.309 e. The van der Waals surface area contributed by atoms with E-state index in [1.165, 1.54) is 12.1 Å². The minimum absolute atomic E-state index is 0.0607. The third-order valence-corrected chi connectivity index (χ3v) is 6.03. The third-order valence-electron chi connectivity index (χ3n) is 3.15. The molecule has 0 aliphatic carbocycles. The second kappa shape index (κ2) is 5.22. The molecule has 1 N–H and O–H groups in total. The van der Waals surface area contributed by atoms with Crippen LogP contribution in [-0.4, -0.2) is 41.1 Å². The summed E-state index contributed by atoms with van der Waals surface area (Å²) in [5.41, 5.74) is 0.804. The molecule has 1 aliphatic heterocycles. The lowest BCUT2D eigenvalue weighted by atomic mass is 10.1. The molecular weight excluding hydrogens is 286 g/mol. The highest BCUT2D eigenvalue weighted by molar-refractivity contribution is 7.91. The van der Waals surface area contributed by atoms with Crippen LogP contribution >= 0.6 is 0 Å². The molecule has 5 nitrogen and oxygen atoms in total. The number of benzene rings is 1. The van der Waals surface area contributed by atoms with Crippen molar-refractivity contribution in [2.45, 2.75) is 17.4 Å². The Balaban J connectivity index is 2.27. The fraction of sp³-hybridized carbons (Fsp3) is 0.500. The molecule has 1 saturated heterocycles. The molecule has 106 valence electrons. The van der Waals surface area contributed by atoms with Crippen molar-refractivity contribution in [2.75, 3.05) is 24.3 Å². The van der Waals surface area contributed by atoms with Gasteiger partial charge in [0.2, 0.25) is 0 Å². The predicted octanol–water partition coefficient (Wildman–Crippen LogP) is 0.539. The lowest BCUT2D eigenvalue weighted by Crippen LogP contribution is -2.25. The van der Waals surface area contributed by atoms with Gasteiger partial charge >= 0.3 is 0 Å². The van der Waals surface area contributed by atoms with Crippen LogP contribution in [0.2, 0.25) is 0 Å². The molecule has 7 heteroatoms. The Morgan fingerprint density at radius 3 is 2.42 bits per heavy atom. The maximum atomic E-state index is 11.7. The maximum absolute atomic E-state index is 11.7. The first-order valence-corrected chi connectivity index (χ1v) is 9.73. The van der Waals surface area contributed by atoms with Crippen LogP contribution in [0.5, 0.6) is 0 Å². The normalized spacial score (nSPS) is 23.7. The van der Waals surface area contributed by atoms with Crippen LogP contribution in [0, 0.1) is 0 Å². The zero-order valence-corrected chi connectivity index (χ0v) is 12.3. The summed E-state index contributed by atoms with van der Waals surface area (Å²) in [6.07, 6.45) is 1.76. The minimum atomic E-state index is -3.22. The molecule has 0 spiro atoms. The molecule has 1 aromatic rings. The SMILES string of the molecule is CS(=O)(=O)c1ccc(C2CS(=O)(=O)CCCN2)cc1. The van der Waals surface area contributed by atoms with E-state index >= 15 is 0 Å². The highest BCUT2D eigenvalue weighted by Crippen LogP contribution is 2.20. The molecule has 0 bridgehead atoms. The Morgan fingerprint density at radius 1 is 1.21 bits per heavy atom. The van der Waals surface area contributed by atoms with Crippen molar-refractivity contribution in [3.05, 3.63) is 29.8 Å². The Bertz CT molecular complexity index is 647. The van der Waals surface area contributed by atoms with E-state index in [9.17, 15) is 16.8 Å². The van der Waals surface area contributed by atoms with Crippen LogP contribution in [0.4, 0.5) is 0 Å². The van der Waals surface area contributed by atoms with Crippen LogP contribution in [0.3, 0.4) is 0 Å². The molecule has 1 atom stereocenters.